The molecule has 3 aromatic rings. The van der Waals surface area contributed by atoms with Gasteiger partial charge in [0.05, 0.1) is 6.33 Å². The maximum absolute atomic E-state index is 12.4. The first-order valence-corrected chi connectivity index (χ1v) is 10.3. The van der Waals surface area contributed by atoms with Crippen molar-refractivity contribution >= 4 is 34.5 Å². The summed E-state index contributed by atoms with van der Waals surface area (Å²) in [5, 5.41) is 2.63. The highest BCUT2D eigenvalue weighted by Crippen LogP contribution is 2.12. The van der Waals surface area contributed by atoms with Gasteiger partial charge in [-0.25, -0.2) is 9.78 Å². The Morgan fingerprint density at radius 3 is 2.39 bits per heavy atom. The van der Waals surface area contributed by atoms with Crippen LogP contribution in [0.15, 0.2) is 40.2 Å². The van der Waals surface area contributed by atoms with E-state index in [1.165, 1.54) is 38.8 Å². The third-order valence-electron chi connectivity index (χ3n) is 5.23. The molecule has 1 N–H and O–H groups in total. The van der Waals surface area contributed by atoms with Gasteiger partial charge < -0.3 is 14.6 Å². The average Bonchev–Trinajstić information content (AvgIpc) is 3.20. The molecule has 0 aliphatic carbocycles. The Hall–Kier alpha value is -4.02. The third kappa shape index (κ3) is 5.08. The molecule has 0 radical (unpaired) electrons. The van der Waals surface area contributed by atoms with Crippen molar-refractivity contribution in [2.24, 2.45) is 14.1 Å². The molecule has 2 heterocycles. The number of carbonyl (C=O) groups is 3. The van der Waals surface area contributed by atoms with Crippen LogP contribution in [0.5, 0.6) is 0 Å². The highest BCUT2D eigenvalue weighted by molar-refractivity contribution is 5.97. The van der Waals surface area contributed by atoms with Crippen molar-refractivity contribution in [3.8, 4) is 0 Å². The molecular formula is C22H25N5O6. The van der Waals surface area contributed by atoms with Gasteiger partial charge in [0.15, 0.2) is 23.1 Å². The largest absolute Gasteiger partial charge is 0.453 e. The second-order valence-electron chi connectivity index (χ2n) is 7.67. The molecular weight excluding hydrogens is 430 g/mol. The summed E-state index contributed by atoms with van der Waals surface area (Å²) in [6, 6.07) is 6.39. The van der Waals surface area contributed by atoms with Crippen LogP contribution in [0.2, 0.25) is 0 Å². The van der Waals surface area contributed by atoms with E-state index in [0.29, 0.717) is 24.2 Å². The summed E-state index contributed by atoms with van der Waals surface area (Å²) in [4.78, 5) is 64.3. The molecule has 1 aromatic carbocycles. The Labute approximate surface area is 188 Å². The fraction of sp³-hybridized carbons (Fsp3) is 0.364. The minimum absolute atomic E-state index is 0.0245. The first-order valence-electron chi connectivity index (χ1n) is 10.3. The number of esters is 1. The molecule has 3 rings (SSSR count). The number of carbonyl (C=O) groups excluding carboxylic acids is 3. The predicted molar refractivity (Wildman–Crippen MR) is 120 cm³/mol. The van der Waals surface area contributed by atoms with Gasteiger partial charge in [-0.1, -0.05) is 0 Å². The van der Waals surface area contributed by atoms with Crippen LogP contribution in [0.25, 0.3) is 11.2 Å². The van der Waals surface area contributed by atoms with Gasteiger partial charge in [-0.05, 0) is 44.5 Å². The molecule has 1 amide bonds. The van der Waals surface area contributed by atoms with Crippen LogP contribution in [-0.4, -0.2) is 42.4 Å². The SMILES string of the molecule is CC(=O)c1ccc(NC(=O)[C@@H](C)OC(=O)CCCn2cnc3c2c(=O)n(C)c(=O)n3C)cc1. The number of benzene rings is 1. The molecule has 33 heavy (non-hydrogen) atoms. The fourth-order valence-corrected chi connectivity index (χ4v) is 3.30. The number of rotatable bonds is 8. The van der Waals surface area contributed by atoms with Gasteiger partial charge in [-0.15, -0.1) is 0 Å². The topological polar surface area (TPSA) is 134 Å². The molecule has 2 aromatic heterocycles. The van der Waals surface area contributed by atoms with Crippen molar-refractivity contribution in [1.82, 2.24) is 18.7 Å². The van der Waals surface area contributed by atoms with Gasteiger partial charge in [0, 0.05) is 38.3 Å². The van der Waals surface area contributed by atoms with Crippen molar-refractivity contribution in [1.29, 1.82) is 0 Å². The van der Waals surface area contributed by atoms with Gasteiger partial charge in [-0.2, -0.15) is 0 Å². The minimum Gasteiger partial charge on any atom is -0.453 e. The summed E-state index contributed by atoms with van der Waals surface area (Å²) >= 11 is 0. The number of aromatic nitrogens is 4. The van der Waals surface area contributed by atoms with Gasteiger partial charge in [0.1, 0.15) is 0 Å². The van der Waals surface area contributed by atoms with Crippen LogP contribution in [0.4, 0.5) is 5.69 Å². The molecule has 0 saturated heterocycles. The second kappa shape index (κ2) is 9.63. The quantitative estimate of drug-likeness (QED) is 0.395. The zero-order valence-corrected chi connectivity index (χ0v) is 18.8. The van der Waals surface area contributed by atoms with Gasteiger partial charge in [0.25, 0.3) is 11.5 Å². The smallest absolute Gasteiger partial charge is 0.332 e. The van der Waals surface area contributed by atoms with Gasteiger partial charge in [-0.3, -0.25) is 28.3 Å². The van der Waals surface area contributed by atoms with Gasteiger partial charge >= 0.3 is 11.7 Å². The predicted octanol–water partition coefficient (Wildman–Crippen LogP) is 0.987. The van der Waals surface area contributed by atoms with E-state index in [9.17, 15) is 24.0 Å². The molecule has 0 fully saturated rings. The molecule has 1 atom stereocenters. The Morgan fingerprint density at radius 2 is 1.76 bits per heavy atom. The fourth-order valence-electron chi connectivity index (χ4n) is 3.30. The maximum Gasteiger partial charge on any atom is 0.332 e. The average molecular weight is 455 g/mol. The Bertz CT molecular complexity index is 1330. The summed E-state index contributed by atoms with van der Waals surface area (Å²) in [7, 11) is 2.92. The van der Waals surface area contributed by atoms with E-state index in [1.54, 1.807) is 28.8 Å². The van der Waals surface area contributed by atoms with E-state index >= 15 is 0 Å². The van der Waals surface area contributed by atoms with Crippen LogP contribution in [-0.2, 0) is 35.0 Å². The lowest BCUT2D eigenvalue weighted by atomic mass is 10.1. The number of aryl methyl sites for hydroxylation is 2. The Kier molecular flexibility index (Phi) is 6.90. The summed E-state index contributed by atoms with van der Waals surface area (Å²) in [6.45, 7) is 3.22. The van der Waals surface area contributed by atoms with E-state index < -0.39 is 29.2 Å². The molecule has 174 valence electrons. The number of Topliss-reactive ketones (excluding diaryl/α,β-unsaturated/α-hetero) is 1. The lowest BCUT2D eigenvalue weighted by molar-refractivity contribution is -0.153. The molecule has 0 aliphatic rings. The molecule has 0 saturated carbocycles. The van der Waals surface area contributed by atoms with Gasteiger partial charge in [0.2, 0.25) is 0 Å². The molecule has 11 nitrogen and oxygen atoms in total. The van der Waals surface area contributed by atoms with Crippen LogP contribution in [0.1, 0.15) is 37.0 Å². The molecule has 0 aliphatic heterocycles. The number of fused-ring (bicyclic) bond motifs is 1. The normalized spacial score (nSPS) is 11.9. The Morgan fingerprint density at radius 1 is 1.09 bits per heavy atom. The number of nitrogens with zero attached hydrogens (tertiary/aromatic N) is 4. The lowest BCUT2D eigenvalue weighted by Gasteiger charge is -2.14. The van der Waals surface area contributed by atoms with Crippen LogP contribution in [0.3, 0.4) is 0 Å². The van der Waals surface area contributed by atoms with Crippen LogP contribution < -0.4 is 16.6 Å². The number of anilines is 1. The van der Waals surface area contributed by atoms with Crippen LogP contribution >= 0.6 is 0 Å². The first-order chi connectivity index (χ1) is 15.6. The van der Waals surface area contributed by atoms with Crippen molar-refractivity contribution < 1.29 is 19.1 Å². The number of imidazole rings is 1. The standard InChI is InChI=1S/C22H25N5O6/c1-13(28)15-7-9-16(10-8-15)24-20(30)14(2)33-17(29)6-5-11-27-12-23-19-18(27)21(31)26(4)22(32)25(19)3/h7-10,12,14H,5-6,11H2,1-4H3,(H,24,30)/t14-/m1/s1. The highest BCUT2D eigenvalue weighted by Gasteiger charge is 2.19. The van der Waals surface area contributed by atoms with E-state index in [1.807, 2.05) is 0 Å². The van der Waals surface area contributed by atoms with E-state index in [4.69, 9.17) is 4.74 Å². The first kappa shape index (κ1) is 23.6. The Balaban J connectivity index is 1.54. The number of nitrogens with one attached hydrogen (secondary N) is 1. The summed E-state index contributed by atoms with van der Waals surface area (Å²) in [6.07, 6.45) is 0.804. The van der Waals surface area contributed by atoms with Crippen molar-refractivity contribution in [3.05, 3.63) is 57.0 Å². The van der Waals surface area contributed by atoms with Crippen LogP contribution in [0, 0.1) is 0 Å². The number of ketones is 1. The van der Waals surface area contributed by atoms with Crippen molar-refractivity contribution in [2.75, 3.05) is 5.32 Å². The molecule has 0 unspecified atom stereocenters. The van der Waals surface area contributed by atoms with E-state index in [2.05, 4.69) is 10.3 Å². The summed E-state index contributed by atoms with van der Waals surface area (Å²) in [5.41, 5.74) is 0.621. The zero-order chi connectivity index (χ0) is 24.3. The second-order valence-corrected chi connectivity index (χ2v) is 7.67. The van der Waals surface area contributed by atoms with E-state index in [-0.39, 0.29) is 23.4 Å². The minimum atomic E-state index is -1.01. The third-order valence-corrected chi connectivity index (χ3v) is 5.23. The number of ether oxygens (including phenoxy) is 1. The maximum atomic E-state index is 12.4. The lowest BCUT2D eigenvalue weighted by Crippen LogP contribution is -2.37. The van der Waals surface area contributed by atoms with Crippen molar-refractivity contribution in [2.45, 2.75) is 39.3 Å². The molecule has 11 heteroatoms. The van der Waals surface area contributed by atoms with E-state index in [0.717, 1.165) is 4.57 Å². The summed E-state index contributed by atoms with van der Waals surface area (Å²) in [5.74, 6) is -1.14. The van der Waals surface area contributed by atoms with Crippen molar-refractivity contribution in [3.63, 3.8) is 0 Å². The zero-order valence-electron chi connectivity index (χ0n) is 18.8. The highest BCUT2D eigenvalue weighted by atomic mass is 16.5. The number of amides is 1. The number of hydrogen-bond donors (Lipinski definition) is 1. The molecule has 0 bridgehead atoms. The monoisotopic (exact) mass is 455 g/mol. The molecule has 0 spiro atoms. The number of hydrogen-bond acceptors (Lipinski definition) is 7. The summed E-state index contributed by atoms with van der Waals surface area (Å²) < 4.78 is 9.07.